The fraction of sp³-hybridized carbons (Fsp3) is 0.390. The molecule has 17 heteroatoms. The topological polar surface area (TPSA) is 213 Å². The molecule has 2 aliphatic heterocycles. The van der Waals surface area contributed by atoms with Gasteiger partial charge in [-0.05, 0) is 54.9 Å². The minimum Gasteiger partial charge on any atom is -0.465 e. The predicted octanol–water partition coefficient (Wildman–Crippen LogP) is 4.83. The van der Waals surface area contributed by atoms with Crippen molar-refractivity contribution in [3.05, 3.63) is 90.8 Å². The molecule has 5 heterocycles. The fourth-order valence-electron chi connectivity index (χ4n) is 7.83. The highest BCUT2D eigenvalue weighted by Crippen LogP contribution is 2.35. The van der Waals surface area contributed by atoms with Crippen molar-refractivity contribution in [2.24, 2.45) is 7.05 Å². The van der Waals surface area contributed by atoms with Crippen molar-refractivity contribution >= 4 is 24.0 Å². The number of imidazole rings is 3. The van der Waals surface area contributed by atoms with E-state index in [2.05, 4.69) is 35.6 Å². The zero-order chi connectivity index (χ0) is 40.9. The SMILES string of the molecule is COC(=O)N[C@H](C(=O)N1CCCC1c1ncc(-c2ccc(-c3ccc(-c4cnc([C@@H]5CCCN5C(=O)[C@H](Cc5cn(C)cn5)NC(=O)O)[nH]4)cc3)cc2)[nH]1)[C@@H](C)OC. The number of nitrogens with one attached hydrogen (secondary N) is 4. The van der Waals surface area contributed by atoms with Gasteiger partial charge in [-0.15, -0.1) is 0 Å². The van der Waals surface area contributed by atoms with Crippen LogP contribution in [0.4, 0.5) is 9.59 Å². The van der Waals surface area contributed by atoms with E-state index in [-0.39, 0.29) is 30.3 Å². The average Bonchev–Trinajstić information content (AvgIpc) is 4.09. The van der Waals surface area contributed by atoms with Crippen molar-refractivity contribution < 1.29 is 33.8 Å². The number of aryl methyl sites for hydroxylation is 1. The zero-order valence-corrected chi connectivity index (χ0v) is 32.8. The summed E-state index contributed by atoms with van der Waals surface area (Å²) in [5.41, 5.74) is 6.19. The predicted molar refractivity (Wildman–Crippen MR) is 212 cm³/mol. The largest absolute Gasteiger partial charge is 0.465 e. The number of ether oxygens (including phenoxy) is 2. The smallest absolute Gasteiger partial charge is 0.407 e. The van der Waals surface area contributed by atoms with E-state index in [0.717, 1.165) is 52.9 Å². The van der Waals surface area contributed by atoms with Crippen molar-refractivity contribution in [3.63, 3.8) is 0 Å². The first-order valence-electron chi connectivity index (χ1n) is 19.3. The van der Waals surface area contributed by atoms with Gasteiger partial charge in [0.05, 0.1) is 61.1 Å². The van der Waals surface area contributed by atoms with Crippen LogP contribution in [0.25, 0.3) is 33.6 Å². The van der Waals surface area contributed by atoms with Gasteiger partial charge in [-0.25, -0.2) is 24.5 Å². The molecule has 5 N–H and O–H groups in total. The van der Waals surface area contributed by atoms with Crippen LogP contribution in [0, 0.1) is 0 Å². The summed E-state index contributed by atoms with van der Waals surface area (Å²) in [7, 11) is 4.57. The van der Waals surface area contributed by atoms with E-state index in [1.807, 2.05) is 55.6 Å². The third kappa shape index (κ3) is 8.58. The highest BCUT2D eigenvalue weighted by molar-refractivity contribution is 5.87. The molecule has 7 rings (SSSR count). The Kier molecular flexibility index (Phi) is 11.9. The molecule has 58 heavy (non-hydrogen) atoms. The highest BCUT2D eigenvalue weighted by atomic mass is 16.5. The molecule has 2 aliphatic rings. The Morgan fingerprint density at radius 2 is 1.31 bits per heavy atom. The first-order chi connectivity index (χ1) is 28.0. The number of likely N-dealkylation sites (tertiary alicyclic amines) is 2. The molecule has 17 nitrogen and oxygen atoms in total. The Bertz CT molecular complexity index is 2230. The number of hydrogen-bond acceptors (Lipinski definition) is 9. The van der Waals surface area contributed by atoms with Crippen LogP contribution in [-0.4, -0.2) is 114 Å². The quantitative estimate of drug-likeness (QED) is 0.110. The van der Waals surface area contributed by atoms with Gasteiger partial charge in [0, 0.05) is 39.9 Å². The normalized spacial score (nSPS) is 18.1. The van der Waals surface area contributed by atoms with Crippen molar-refractivity contribution in [2.45, 2.75) is 69.3 Å². The zero-order valence-electron chi connectivity index (χ0n) is 32.8. The molecule has 4 amide bonds. The van der Waals surface area contributed by atoms with Crippen LogP contribution in [0.15, 0.2) is 73.4 Å². The molecule has 0 aliphatic carbocycles. The number of amides is 4. The van der Waals surface area contributed by atoms with Gasteiger partial charge in [0.15, 0.2) is 0 Å². The number of carbonyl (C=O) groups is 4. The van der Waals surface area contributed by atoms with Crippen molar-refractivity contribution in [1.29, 1.82) is 0 Å². The van der Waals surface area contributed by atoms with Crippen LogP contribution in [0.5, 0.6) is 0 Å². The molecule has 0 bridgehead atoms. The van der Waals surface area contributed by atoms with Gasteiger partial charge >= 0.3 is 12.2 Å². The number of methoxy groups -OCH3 is 2. The Morgan fingerprint density at radius 1 is 0.793 bits per heavy atom. The average molecular weight is 793 g/mol. The molecule has 5 atom stereocenters. The van der Waals surface area contributed by atoms with Crippen LogP contribution in [-0.2, 0) is 32.5 Å². The molecule has 2 saturated heterocycles. The Balaban J connectivity index is 0.998. The number of carbonyl (C=O) groups excluding carboxylic acids is 3. The van der Waals surface area contributed by atoms with E-state index >= 15 is 0 Å². The molecule has 2 aromatic carbocycles. The molecule has 304 valence electrons. The van der Waals surface area contributed by atoms with Crippen molar-refractivity contribution in [1.82, 2.24) is 49.9 Å². The van der Waals surface area contributed by atoms with Gasteiger partial charge in [0.1, 0.15) is 23.7 Å². The lowest BCUT2D eigenvalue weighted by molar-refractivity contribution is -0.137. The lowest BCUT2D eigenvalue weighted by Gasteiger charge is -2.30. The van der Waals surface area contributed by atoms with E-state index in [1.165, 1.54) is 14.2 Å². The molecule has 0 radical (unpaired) electrons. The summed E-state index contributed by atoms with van der Waals surface area (Å²) in [5, 5.41) is 14.5. The van der Waals surface area contributed by atoms with Gasteiger partial charge in [0.25, 0.3) is 0 Å². The van der Waals surface area contributed by atoms with Crippen molar-refractivity contribution in [2.75, 3.05) is 27.3 Å². The summed E-state index contributed by atoms with van der Waals surface area (Å²) in [4.78, 5) is 74.8. The van der Waals surface area contributed by atoms with Crippen LogP contribution in [0.1, 0.15) is 62.0 Å². The first kappa shape index (κ1) is 39.7. The monoisotopic (exact) mass is 792 g/mol. The van der Waals surface area contributed by atoms with Gasteiger partial charge < -0.3 is 49.5 Å². The van der Waals surface area contributed by atoms with Crippen LogP contribution >= 0.6 is 0 Å². The summed E-state index contributed by atoms with van der Waals surface area (Å²) in [6.45, 7) is 2.76. The van der Waals surface area contributed by atoms with Gasteiger partial charge in [0.2, 0.25) is 11.8 Å². The number of alkyl carbamates (subject to hydrolysis) is 1. The number of hydrogen-bond donors (Lipinski definition) is 5. The summed E-state index contributed by atoms with van der Waals surface area (Å²) in [6.07, 6.45) is 7.57. The third-order valence-electron chi connectivity index (χ3n) is 11.0. The summed E-state index contributed by atoms with van der Waals surface area (Å²) >= 11 is 0. The van der Waals surface area contributed by atoms with E-state index in [4.69, 9.17) is 9.47 Å². The maximum atomic E-state index is 13.7. The number of H-pyrrole nitrogens is 2. The number of aromatic nitrogens is 6. The standard InChI is InChI=1S/C41H48N10O7/c1-24(57-3)35(48-41(56)58-4)39(53)51-18-6-8-34(51)37-43-21-32(46-37)28-15-11-26(12-16-28)25-9-13-27(14-10-25)31-20-42-36(45-31)33-7-5-17-50(33)38(52)30(47-40(54)55)19-29-22-49(2)23-44-29/h9-16,20-24,30,33-35,47H,5-8,17-19H2,1-4H3,(H,42,45)(H,43,46)(H,48,56)(H,54,55)/t24-,30+,33+,34?,35+/m1/s1. The molecule has 0 spiro atoms. The molecular weight excluding hydrogens is 745 g/mol. The van der Waals surface area contributed by atoms with Gasteiger partial charge in [-0.2, -0.15) is 0 Å². The van der Waals surface area contributed by atoms with Crippen LogP contribution in [0.3, 0.4) is 0 Å². The first-order valence-corrected chi connectivity index (χ1v) is 19.3. The highest BCUT2D eigenvalue weighted by Gasteiger charge is 2.39. The summed E-state index contributed by atoms with van der Waals surface area (Å²) in [6, 6.07) is 13.8. The summed E-state index contributed by atoms with van der Waals surface area (Å²) < 4.78 is 11.9. The van der Waals surface area contributed by atoms with E-state index in [9.17, 15) is 24.3 Å². The lowest BCUT2D eigenvalue weighted by atomic mass is 10.0. The Labute approximate surface area is 335 Å². The number of nitrogens with zero attached hydrogens (tertiary/aromatic N) is 6. The maximum Gasteiger partial charge on any atom is 0.407 e. The minimum atomic E-state index is -1.26. The van der Waals surface area contributed by atoms with E-state index in [1.54, 1.807) is 46.2 Å². The van der Waals surface area contributed by atoms with Crippen LogP contribution < -0.4 is 10.6 Å². The molecule has 5 aromatic rings. The Morgan fingerprint density at radius 3 is 1.78 bits per heavy atom. The van der Waals surface area contributed by atoms with Gasteiger partial charge in [-0.1, -0.05) is 48.5 Å². The molecular formula is C41H48N10O7. The second kappa shape index (κ2) is 17.3. The van der Waals surface area contributed by atoms with E-state index in [0.29, 0.717) is 36.9 Å². The molecule has 0 saturated carbocycles. The van der Waals surface area contributed by atoms with Crippen LogP contribution in [0.2, 0.25) is 0 Å². The second-order valence-electron chi connectivity index (χ2n) is 14.7. The number of benzene rings is 2. The molecule has 1 unspecified atom stereocenters. The van der Waals surface area contributed by atoms with Crippen molar-refractivity contribution in [3.8, 4) is 33.6 Å². The maximum absolute atomic E-state index is 13.7. The Hall–Kier alpha value is -6.49. The van der Waals surface area contributed by atoms with E-state index < -0.39 is 30.4 Å². The molecule has 3 aromatic heterocycles. The number of aromatic amines is 2. The second-order valence-corrected chi connectivity index (χ2v) is 14.7. The number of rotatable bonds is 13. The lowest BCUT2D eigenvalue weighted by Crippen LogP contribution is -2.54. The summed E-state index contributed by atoms with van der Waals surface area (Å²) in [5.74, 6) is 0.773. The molecule has 2 fully saturated rings. The fourth-order valence-corrected chi connectivity index (χ4v) is 7.83. The number of carboxylic acid groups (broad SMARTS) is 1. The van der Waals surface area contributed by atoms with Gasteiger partial charge in [-0.3, -0.25) is 9.59 Å². The minimum absolute atomic E-state index is 0.149. The third-order valence-corrected chi connectivity index (χ3v) is 11.0.